The Balaban J connectivity index is 1.88. The molecule has 1 N–H and O–H groups in total. The standard InChI is InChI=1S/C28H34N2O4S2/c1-4-6-10-23-20-29(22-11-8-7-9-12-22)25-17-27(35-5-2)26(31)18-28(25)36(32,33)30(23)19-21-13-15-24(34-3)16-14-21/h7-9,11-18,23,31H,4-6,10,19-20H2,1-3H3. The van der Waals surface area contributed by atoms with Crippen LogP contribution in [0.4, 0.5) is 11.4 Å². The second kappa shape index (κ2) is 11.6. The minimum atomic E-state index is -3.92. The molecule has 3 aromatic rings. The monoisotopic (exact) mass is 526 g/mol. The Bertz CT molecular complexity index is 1260. The van der Waals surface area contributed by atoms with Crippen LogP contribution in [0.3, 0.4) is 0 Å². The highest BCUT2D eigenvalue weighted by Crippen LogP contribution is 2.44. The largest absolute Gasteiger partial charge is 0.507 e. The van der Waals surface area contributed by atoms with Crippen molar-refractivity contribution in [3.63, 3.8) is 0 Å². The fourth-order valence-electron chi connectivity index (χ4n) is 4.60. The van der Waals surface area contributed by atoms with Gasteiger partial charge in [-0.25, -0.2) is 8.42 Å². The van der Waals surface area contributed by atoms with E-state index in [-0.39, 0.29) is 23.2 Å². The fourth-order valence-corrected chi connectivity index (χ4v) is 7.15. The molecule has 3 aromatic carbocycles. The second-order valence-corrected chi connectivity index (χ2v) is 12.0. The first kappa shape index (κ1) is 26.4. The van der Waals surface area contributed by atoms with Crippen molar-refractivity contribution in [2.24, 2.45) is 0 Å². The summed E-state index contributed by atoms with van der Waals surface area (Å²) in [5.74, 6) is 1.49. The number of anilines is 2. The maximum Gasteiger partial charge on any atom is 0.245 e. The van der Waals surface area contributed by atoms with E-state index >= 15 is 0 Å². The van der Waals surface area contributed by atoms with Crippen LogP contribution >= 0.6 is 11.8 Å². The van der Waals surface area contributed by atoms with Crippen LogP contribution in [0.25, 0.3) is 0 Å². The summed E-state index contributed by atoms with van der Waals surface area (Å²) in [6.07, 6.45) is 2.63. The summed E-state index contributed by atoms with van der Waals surface area (Å²) in [5, 5.41) is 10.8. The quantitative estimate of drug-likeness (QED) is 0.325. The van der Waals surface area contributed by atoms with Gasteiger partial charge in [0.25, 0.3) is 0 Å². The molecule has 192 valence electrons. The lowest BCUT2D eigenvalue weighted by molar-refractivity contribution is 0.300. The third-order valence-corrected chi connectivity index (χ3v) is 9.33. The van der Waals surface area contributed by atoms with E-state index in [2.05, 4.69) is 11.8 Å². The summed E-state index contributed by atoms with van der Waals surface area (Å²) in [5.41, 5.74) is 2.42. The van der Waals surface area contributed by atoms with Crippen LogP contribution in [-0.4, -0.2) is 43.3 Å². The first-order valence-electron chi connectivity index (χ1n) is 12.4. The van der Waals surface area contributed by atoms with Crippen LogP contribution in [0.2, 0.25) is 0 Å². The minimum Gasteiger partial charge on any atom is -0.507 e. The first-order chi connectivity index (χ1) is 17.4. The summed E-state index contributed by atoms with van der Waals surface area (Å²) in [7, 11) is -2.30. The average molecular weight is 527 g/mol. The van der Waals surface area contributed by atoms with Crippen LogP contribution < -0.4 is 9.64 Å². The van der Waals surface area contributed by atoms with E-state index in [9.17, 15) is 13.5 Å². The number of methoxy groups -OCH3 is 1. The van der Waals surface area contributed by atoms with Crippen molar-refractivity contribution in [3.05, 3.63) is 72.3 Å². The van der Waals surface area contributed by atoms with Crippen molar-refractivity contribution in [2.75, 3.05) is 24.3 Å². The average Bonchev–Trinajstić information content (AvgIpc) is 2.97. The van der Waals surface area contributed by atoms with Crippen molar-refractivity contribution in [1.82, 2.24) is 4.31 Å². The summed E-state index contributed by atoms with van der Waals surface area (Å²) in [6, 6.07) is 20.4. The Morgan fingerprint density at radius 1 is 1.06 bits per heavy atom. The third kappa shape index (κ3) is 5.51. The van der Waals surface area contributed by atoms with Crippen molar-refractivity contribution < 1.29 is 18.3 Å². The number of nitrogens with zero attached hydrogens (tertiary/aromatic N) is 2. The van der Waals surface area contributed by atoms with Gasteiger partial charge in [-0.05, 0) is 48.1 Å². The zero-order valence-electron chi connectivity index (χ0n) is 21.1. The third-order valence-electron chi connectivity index (χ3n) is 6.47. The normalized spacial score (nSPS) is 17.4. The number of sulfonamides is 1. The number of fused-ring (bicyclic) bond motifs is 1. The summed E-state index contributed by atoms with van der Waals surface area (Å²) >= 11 is 1.50. The minimum absolute atomic E-state index is 0.00593. The summed E-state index contributed by atoms with van der Waals surface area (Å²) < 4.78 is 35.5. The SMILES string of the molecule is CCCCC1CN(c2ccccc2)c2cc(SCC)c(O)cc2S(=O)(=O)N1Cc1ccc(OC)cc1. The number of para-hydroxylation sites is 1. The molecule has 0 fully saturated rings. The van der Waals surface area contributed by atoms with E-state index in [4.69, 9.17) is 4.74 Å². The number of thioether (sulfide) groups is 1. The fraction of sp³-hybridized carbons (Fsp3) is 0.357. The number of unbranched alkanes of at least 4 members (excludes halogenated alkanes) is 1. The highest BCUT2D eigenvalue weighted by molar-refractivity contribution is 7.99. The highest BCUT2D eigenvalue weighted by atomic mass is 32.2. The van der Waals surface area contributed by atoms with Gasteiger partial charge in [-0.1, -0.05) is 57.0 Å². The molecule has 6 nitrogen and oxygen atoms in total. The molecule has 1 unspecified atom stereocenters. The lowest BCUT2D eigenvalue weighted by Gasteiger charge is -2.31. The number of ether oxygens (including phenoxy) is 1. The Hall–Kier alpha value is -2.68. The molecule has 0 amide bonds. The Kier molecular flexibility index (Phi) is 8.49. The van der Waals surface area contributed by atoms with Crippen LogP contribution in [0.5, 0.6) is 11.5 Å². The molecule has 0 bridgehead atoms. The molecule has 0 aromatic heterocycles. The molecule has 0 saturated heterocycles. The topological polar surface area (TPSA) is 70.1 Å². The van der Waals surface area contributed by atoms with Crippen LogP contribution in [-0.2, 0) is 16.6 Å². The van der Waals surface area contributed by atoms with Gasteiger partial charge in [0.2, 0.25) is 10.0 Å². The number of rotatable bonds is 9. The molecule has 4 rings (SSSR count). The molecule has 0 saturated carbocycles. The smallest absolute Gasteiger partial charge is 0.245 e. The molecule has 0 radical (unpaired) electrons. The molecule has 1 aliphatic rings. The van der Waals surface area contributed by atoms with Gasteiger partial charge >= 0.3 is 0 Å². The Labute approximate surface area is 219 Å². The molecular weight excluding hydrogens is 492 g/mol. The zero-order chi connectivity index (χ0) is 25.7. The van der Waals surface area contributed by atoms with Gasteiger partial charge in [-0.2, -0.15) is 4.31 Å². The van der Waals surface area contributed by atoms with E-state index in [0.717, 1.165) is 42.0 Å². The van der Waals surface area contributed by atoms with Crippen molar-refractivity contribution in [2.45, 2.75) is 55.5 Å². The van der Waals surface area contributed by atoms with Gasteiger partial charge in [0.1, 0.15) is 16.4 Å². The maximum absolute atomic E-state index is 14.3. The van der Waals surface area contributed by atoms with E-state index in [0.29, 0.717) is 17.1 Å². The first-order valence-corrected chi connectivity index (χ1v) is 14.8. The van der Waals surface area contributed by atoms with Gasteiger partial charge in [0, 0.05) is 30.9 Å². The van der Waals surface area contributed by atoms with Crippen molar-refractivity contribution >= 4 is 33.2 Å². The van der Waals surface area contributed by atoms with Gasteiger partial charge in [-0.3, -0.25) is 0 Å². The van der Waals surface area contributed by atoms with E-state index in [1.54, 1.807) is 11.4 Å². The van der Waals surface area contributed by atoms with E-state index < -0.39 is 10.0 Å². The van der Waals surface area contributed by atoms with E-state index in [1.165, 1.54) is 17.8 Å². The number of aromatic hydroxyl groups is 1. The van der Waals surface area contributed by atoms with Crippen molar-refractivity contribution in [3.8, 4) is 11.5 Å². The van der Waals surface area contributed by atoms with Gasteiger partial charge in [-0.15, -0.1) is 11.8 Å². The molecule has 0 spiro atoms. The molecular formula is C28H34N2O4S2. The molecule has 8 heteroatoms. The Morgan fingerprint density at radius 3 is 2.42 bits per heavy atom. The number of hydrogen-bond acceptors (Lipinski definition) is 6. The molecule has 1 atom stereocenters. The molecule has 0 aliphatic carbocycles. The lowest BCUT2D eigenvalue weighted by Crippen LogP contribution is -2.43. The maximum atomic E-state index is 14.3. The Morgan fingerprint density at radius 2 is 1.78 bits per heavy atom. The molecule has 1 aliphatic heterocycles. The van der Waals surface area contributed by atoms with Crippen LogP contribution in [0.1, 0.15) is 38.7 Å². The summed E-state index contributed by atoms with van der Waals surface area (Å²) in [6.45, 7) is 4.90. The van der Waals surface area contributed by atoms with Gasteiger partial charge < -0.3 is 14.7 Å². The van der Waals surface area contributed by atoms with Crippen LogP contribution in [0, 0.1) is 0 Å². The van der Waals surface area contributed by atoms with Gasteiger partial charge in [0.05, 0.1) is 17.7 Å². The van der Waals surface area contributed by atoms with Crippen molar-refractivity contribution in [1.29, 1.82) is 0 Å². The number of hydrogen-bond donors (Lipinski definition) is 1. The second-order valence-electron chi connectivity index (χ2n) is 8.86. The highest BCUT2D eigenvalue weighted by Gasteiger charge is 2.39. The lowest BCUT2D eigenvalue weighted by atomic mass is 10.1. The van der Waals surface area contributed by atoms with Gasteiger partial charge in [0.15, 0.2) is 0 Å². The molecule has 36 heavy (non-hydrogen) atoms. The number of phenolic OH excluding ortho intramolecular Hbond substituents is 1. The molecule has 1 heterocycles. The summed E-state index contributed by atoms with van der Waals surface area (Å²) in [4.78, 5) is 2.92. The predicted molar refractivity (Wildman–Crippen MR) is 147 cm³/mol. The van der Waals surface area contributed by atoms with E-state index in [1.807, 2.05) is 67.6 Å². The predicted octanol–water partition coefficient (Wildman–Crippen LogP) is 6.41. The zero-order valence-corrected chi connectivity index (χ0v) is 22.7. The number of phenols is 1. The van der Waals surface area contributed by atoms with Crippen LogP contribution in [0.15, 0.2) is 76.5 Å². The number of benzene rings is 3.